The molecule has 0 aromatic heterocycles. The van der Waals surface area contributed by atoms with E-state index in [4.69, 9.17) is 21.1 Å². The van der Waals surface area contributed by atoms with E-state index in [-0.39, 0.29) is 0 Å². The molecule has 2 N–H and O–H groups in total. The van der Waals surface area contributed by atoms with Crippen LogP contribution in [0.3, 0.4) is 0 Å². The van der Waals surface area contributed by atoms with Gasteiger partial charge in [0.25, 0.3) is 0 Å². The summed E-state index contributed by atoms with van der Waals surface area (Å²) in [5, 5.41) is 7.13. The molecule has 30 heavy (non-hydrogen) atoms. The maximum Gasteiger partial charge on any atom is 0.339 e. The first-order valence-electron chi connectivity index (χ1n) is 9.25. The molecule has 0 radical (unpaired) electrons. The van der Waals surface area contributed by atoms with Crippen molar-refractivity contribution in [2.75, 3.05) is 12.4 Å². The number of carbonyl (C=O) groups excluding carboxylic acids is 1. The fourth-order valence-corrected chi connectivity index (χ4v) is 2.81. The third-order valence-corrected chi connectivity index (χ3v) is 4.40. The van der Waals surface area contributed by atoms with Crippen LogP contribution in [-0.2, 0) is 6.61 Å². The highest BCUT2D eigenvalue weighted by Gasteiger charge is 2.06. The van der Waals surface area contributed by atoms with Gasteiger partial charge in [0.2, 0.25) is 0 Å². The van der Waals surface area contributed by atoms with Gasteiger partial charge < -0.3 is 14.8 Å². The van der Waals surface area contributed by atoms with Crippen molar-refractivity contribution < 1.29 is 14.3 Å². The van der Waals surface area contributed by atoms with Gasteiger partial charge in [0, 0.05) is 10.7 Å². The number of benzene rings is 3. The van der Waals surface area contributed by atoms with Gasteiger partial charge in [0.1, 0.15) is 6.61 Å². The maximum absolute atomic E-state index is 11.9. The summed E-state index contributed by atoms with van der Waals surface area (Å²) in [5.74, 6) is 1.20. The number of nitrogens with one attached hydrogen (secondary N) is 2. The Hall–Kier alpha value is -3.51. The van der Waals surface area contributed by atoms with Gasteiger partial charge in [0.15, 0.2) is 11.5 Å². The summed E-state index contributed by atoms with van der Waals surface area (Å²) >= 11 is 5.89. The summed E-state index contributed by atoms with van der Waals surface area (Å²) in [7, 11) is 1.58. The predicted octanol–water partition coefficient (Wildman–Crippen LogP) is 5.39. The summed E-state index contributed by atoms with van der Waals surface area (Å²) in [6.45, 7) is 2.49. The van der Waals surface area contributed by atoms with E-state index in [0.717, 1.165) is 11.1 Å². The van der Waals surface area contributed by atoms with Crippen LogP contribution < -0.4 is 20.2 Å². The van der Waals surface area contributed by atoms with Crippen LogP contribution in [0.15, 0.2) is 71.8 Å². The number of methoxy groups -OCH3 is 1. The average molecular weight is 424 g/mol. The summed E-state index contributed by atoms with van der Waals surface area (Å²) in [6.07, 6.45) is 1.52. The van der Waals surface area contributed by atoms with Crippen molar-refractivity contribution in [3.8, 4) is 11.5 Å². The van der Waals surface area contributed by atoms with Gasteiger partial charge in [-0.15, -0.1) is 0 Å². The molecule has 0 unspecified atom stereocenters. The molecule has 0 aliphatic heterocycles. The SMILES string of the molecule is COc1cc(/C=N\NC(=O)Nc2cccc(Cl)c2)ccc1OCc1ccc(C)cc1. The van der Waals surface area contributed by atoms with E-state index < -0.39 is 6.03 Å². The van der Waals surface area contributed by atoms with Crippen molar-refractivity contribution in [1.82, 2.24) is 5.43 Å². The minimum Gasteiger partial charge on any atom is -0.493 e. The molecule has 3 rings (SSSR count). The zero-order chi connectivity index (χ0) is 21.3. The van der Waals surface area contributed by atoms with Crippen LogP contribution in [0.2, 0.25) is 5.02 Å². The topological polar surface area (TPSA) is 72.0 Å². The van der Waals surface area contributed by atoms with Gasteiger partial charge in [-0.05, 0) is 54.4 Å². The fourth-order valence-electron chi connectivity index (χ4n) is 2.62. The largest absolute Gasteiger partial charge is 0.493 e. The Balaban J connectivity index is 1.57. The third-order valence-electron chi connectivity index (χ3n) is 4.16. The van der Waals surface area contributed by atoms with Gasteiger partial charge in [-0.3, -0.25) is 0 Å². The number of nitrogens with zero attached hydrogens (tertiary/aromatic N) is 1. The second-order valence-electron chi connectivity index (χ2n) is 6.52. The van der Waals surface area contributed by atoms with Gasteiger partial charge in [-0.25, -0.2) is 10.2 Å². The molecule has 0 fully saturated rings. The Morgan fingerprint density at radius 2 is 1.87 bits per heavy atom. The monoisotopic (exact) mass is 423 g/mol. The number of urea groups is 1. The van der Waals surface area contributed by atoms with Gasteiger partial charge >= 0.3 is 6.03 Å². The summed E-state index contributed by atoms with van der Waals surface area (Å²) in [5.41, 5.74) is 6.01. The fraction of sp³-hybridized carbons (Fsp3) is 0.130. The highest BCUT2D eigenvalue weighted by Crippen LogP contribution is 2.28. The molecular formula is C23H22ClN3O3. The number of aryl methyl sites for hydroxylation is 1. The molecule has 0 aliphatic carbocycles. The van der Waals surface area contributed by atoms with Crippen LogP contribution >= 0.6 is 11.6 Å². The number of hydrogen-bond acceptors (Lipinski definition) is 4. The molecule has 0 saturated heterocycles. The highest BCUT2D eigenvalue weighted by molar-refractivity contribution is 6.30. The predicted molar refractivity (Wildman–Crippen MR) is 120 cm³/mol. The van der Waals surface area contributed by atoms with Gasteiger partial charge in [-0.2, -0.15) is 5.10 Å². The lowest BCUT2D eigenvalue weighted by Crippen LogP contribution is -2.24. The van der Waals surface area contributed by atoms with Crippen LogP contribution in [0.4, 0.5) is 10.5 Å². The first-order valence-corrected chi connectivity index (χ1v) is 9.63. The molecule has 0 spiro atoms. The molecule has 0 bridgehead atoms. The lowest BCUT2D eigenvalue weighted by atomic mass is 10.2. The van der Waals surface area contributed by atoms with Crippen molar-refractivity contribution in [3.05, 3.63) is 88.4 Å². The summed E-state index contributed by atoms with van der Waals surface area (Å²) in [6, 6.07) is 19.9. The Morgan fingerprint density at radius 3 is 2.60 bits per heavy atom. The van der Waals surface area contributed by atoms with E-state index in [1.807, 2.05) is 37.3 Å². The zero-order valence-electron chi connectivity index (χ0n) is 16.7. The van der Waals surface area contributed by atoms with E-state index >= 15 is 0 Å². The van der Waals surface area contributed by atoms with Crippen molar-refractivity contribution in [1.29, 1.82) is 0 Å². The van der Waals surface area contributed by atoms with Crippen LogP contribution in [0.25, 0.3) is 0 Å². The number of halogens is 1. The number of anilines is 1. The molecule has 0 aliphatic rings. The van der Waals surface area contributed by atoms with Crippen molar-refractivity contribution >= 4 is 29.5 Å². The zero-order valence-corrected chi connectivity index (χ0v) is 17.4. The highest BCUT2D eigenvalue weighted by atomic mass is 35.5. The Labute approximate surface area is 180 Å². The minimum absolute atomic E-state index is 0.440. The smallest absolute Gasteiger partial charge is 0.339 e. The second-order valence-corrected chi connectivity index (χ2v) is 6.96. The number of ether oxygens (including phenoxy) is 2. The Morgan fingerprint density at radius 1 is 1.07 bits per heavy atom. The van der Waals surface area contributed by atoms with E-state index in [2.05, 4.69) is 15.8 Å². The molecule has 3 aromatic carbocycles. The van der Waals surface area contributed by atoms with E-state index in [1.165, 1.54) is 11.8 Å². The van der Waals surface area contributed by atoms with Crippen LogP contribution in [0, 0.1) is 6.92 Å². The average Bonchev–Trinajstić information content (AvgIpc) is 2.73. The second kappa shape index (κ2) is 10.3. The Kier molecular flexibility index (Phi) is 7.29. The first-order chi connectivity index (χ1) is 14.5. The number of carbonyl (C=O) groups is 1. The molecule has 0 heterocycles. The quantitative estimate of drug-likeness (QED) is 0.395. The molecule has 0 atom stereocenters. The Bertz CT molecular complexity index is 1040. The maximum atomic E-state index is 11.9. The summed E-state index contributed by atoms with van der Waals surface area (Å²) < 4.78 is 11.3. The van der Waals surface area contributed by atoms with E-state index in [0.29, 0.717) is 28.8 Å². The third kappa shape index (κ3) is 6.25. The molecule has 3 aromatic rings. The molecule has 2 amide bonds. The van der Waals surface area contributed by atoms with Crippen LogP contribution in [-0.4, -0.2) is 19.4 Å². The van der Waals surface area contributed by atoms with E-state index in [9.17, 15) is 4.79 Å². The number of hydrazone groups is 1. The van der Waals surface area contributed by atoms with E-state index in [1.54, 1.807) is 43.5 Å². The molecular weight excluding hydrogens is 402 g/mol. The lowest BCUT2D eigenvalue weighted by molar-refractivity contribution is 0.252. The lowest BCUT2D eigenvalue weighted by Gasteiger charge is -2.11. The van der Waals surface area contributed by atoms with Crippen LogP contribution in [0.5, 0.6) is 11.5 Å². The number of amides is 2. The van der Waals surface area contributed by atoms with Gasteiger partial charge in [0.05, 0.1) is 13.3 Å². The summed E-state index contributed by atoms with van der Waals surface area (Å²) in [4.78, 5) is 11.9. The van der Waals surface area contributed by atoms with Crippen molar-refractivity contribution in [3.63, 3.8) is 0 Å². The number of rotatable bonds is 7. The van der Waals surface area contributed by atoms with Gasteiger partial charge in [-0.1, -0.05) is 47.5 Å². The minimum atomic E-state index is -0.474. The first kappa shape index (κ1) is 21.2. The number of hydrogen-bond donors (Lipinski definition) is 2. The molecule has 7 heteroatoms. The molecule has 0 saturated carbocycles. The molecule has 154 valence electrons. The normalized spacial score (nSPS) is 10.6. The van der Waals surface area contributed by atoms with Crippen LogP contribution in [0.1, 0.15) is 16.7 Å². The van der Waals surface area contributed by atoms with Crippen molar-refractivity contribution in [2.24, 2.45) is 5.10 Å². The van der Waals surface area contributed by atoms with Crippen molar-refractivity contribution in [2.45, 2.75) is 13.5 Å². The standard InChI is InChI=1S/C23H22ClN3O3/c1-16-6-8-17(9-7-16)15-30-21-11-10-18(12-22(21)29-2)14-25-27-23(28)26-20-5-3-4-19(24)13-20/h3-14H,15H2,1-2H3,(H2,26,27,28)/b25-14-. The molecule has 6 nitrogen and oxygen atoms in total.